The van der Waals surface area contributed by atoms with E-state index in [1.807, 2.05) is 18.2 Å². The third-order valence-electron chi connectivity index (χ3n) is 3.02. The van der Waals surface area contributed by atoms with E-state index in [2.05, 4.69) is 26.2 Å². The van der Waals surface area contributed by atoms with Gasteiger partial charge < -0.3 is 5.32 Å². The van der Waals surface area contributed by atoms with Crippen LogP contribution in [-0.4, -0.2) is 30.9 Å². The fourth-order valence-electron chi connectivity index (χ4n) is 1.39. The normalized spacial score (nSPS) is 12.8. The maximum atomic E-state index is 11.6. The van der Waals surface area contributed by atoms with E-state index < -0.39 is 14.6 Å². The Bertz CT molecular complexity index is 708. The first kappa shape index (κ1) is 14.7. The van der Waals surface area contributed by atoms with E-state index in [0.29, 0.717) is 6.54 Å². The van der Waals surface area contributed by atoms with E-state index in [4.69, 9.17) is 0 Å². The second-order valence-corrected chi connectivity index (χ2v) is 9.61. The molecular formula is C12H15BrN2O2S2. The van der Waals surface area contributed by atoms with Crippen LogP contribution in [0.4, 0.5) is 5.13 Å². The number of sulfone groups is 1. The zero-order valence-corrected chi connectivity index (χ0v) is 14.1. The summed E-state index contributed by atoms with van der Waals surface area (Å²) in [5.74, 6) is 0. The molecule has 0 saturated carbocycles. The number of benzene rings is 1. The van der Waals surface area contributed by atoms with Gasteiger partial charge in [0.15, 0.2) is 15.0 Å². The first-order valence-electron chi connectivity index (χ1n) is 5.69. The predicted molar refractivity (Wildman–Crippen MR) is 84.7 cm³/mol. The van der Waals surface area contributed by atoms with Gasteiger partial charge in [-0.1, -0.05) is 27.3 Å². The van der Waals surface area contributed by atoms with Gasteiger partial charge in [0, 0.05) is 17.3 Å². The molecule has 1 aromatic heterocycles. The smallest absolute Gasteiger partial charge is 0.183 e. The van der Waals surface area contributed by atoms with Crippen LogP contribution < -0.4 is 5.32 Å². The molecule has 0 bridgehead atoms. The third kappa shape index (κ3) is 3.27. The van der Waals surface area contributed by atoms with Crippen molar-refractivity contribution in [1.29, 1.82) is 0 Å². The van der Waals surface area contributed by atoms with Gasteiger partial charge in [0.25, 0.3) is 0 Å². The summed E-state index contributed by atoms with van der Waals surface area (Å²) in [6, 6.07) is 5.87. The van der Waals surface area contributed by atoms with Crippen LogP contribution in [0, 0.1) is 0 Å². The van der Waals surface area contributed by atoms with Crippen LogP contribution in [0.2, 0.25) is 0 Å². The van der Waals surface area contributed by atoms with Gasteiger partial charge in [0.2, 0.25) is 0 Å². The quantitative estimate of drug-likeness (QED) is 0.906. The largest absolute Gasteiger partial charge is 0.360 e. The molecular weight excluding hydrogens is 348 g/mol. The van der Waals surface area contributed by atoms with Crippen molar-refractivity contribution in [1.82, 2.24) is 4.98 Å². The van der Waals surface area contributed by atoms with Crippen LogP contribution in [0.25, 0.3) is 10.2 Å². The minimum Gasteiger partial charge on any atom is -0.360 e. The average molecular weight is 363 g/mol. The van der Waals surface area contributed by atoms with Crippen molar-refractivity contribution in [2.75, 3.05) is 18.1 Å². The Kier molecular flexibility index (Phi) is 3.90. The van der Waals surface area contributed by atoms with Crippen molar-refractivity contribution in [2.24, 2.45) is 0 Å². The maximum absolute atomic E-state index is 11.6. The van der Waals surface area contributed by atoms with Crippen LogP contribution in [-0.2, 0) is 9.84 Å². The lowest BCUT2D eigenvalue weighted by molar-refractivity contribution is 0.560. The standard InChI is InChI=1S/C12H15BrN2O2S2/c1-12(2,19(3,16)17)7-14-11-15-9-5-4-8(13)6-10(9)18-11/h4-6H,7H2,1-3H3,(H,14,15). The molecule has 0 amide bonds. The molecule has 0 atom stereocenters. The third-order valence-corrected chi connectivity index (χ3v) is 6.64. The Hall–Kier alpha value is -0.660. The Balaban J connectivity index is 2.19. The molecule has 1 aromatic carbocycles. The number of fused-ring (bicyclic) bond motifs is 1. The molecule has 0 aliphatic heterocycles. The minimum absolute atomic E-state index is 0.340. The second-order valence-electron chi connectivity index (χ2n) is 5.02. The zero-order chi connectivity index (χ0) is 14.3. The van der Waals surface area contributed by atoms with E-state index in [1.165, 1.54) is 17.6 Å². The summed E-state index contributed by atoms with van der Waals surface area (Å²) in [6.07, 6.45) is 1.25. The molecule has 0 aliphatic carbocycles. The monoisotopic (exact) mass is 362 g/mol. The Morgan fingerprint density at radius 2 is 2.11 bits per heavy atom. The summed E-state index contributed by atoms with van der Waals surface area (Å²) in [5.41, 5.74) is 0.910. The number of thiazole rings is 1. The van der Waals surface area contributed by atoms with E-state index in [9.17, 15) is 8.42 Å². The summed E-state index contributed by atoms with van der Waals surface area (Å²) >= 11 is 4.93. The van der Waals surface area contributed by atoms with Crippen LogP contribution in [0.15, 0.2) is 22.7 Å². The molecule has 0 unspecified atom stereocenters. The van der Waals surface area contributed by atoms with E-state index in [-0.39, 0.29) is 0 Å². The highest BCUT2D eigenvalue weighted by atomic mass is 79.9. The van der Waals surface area contributed by atoms with Crippen molar-refractivity contribution in [3.63, 3.8) is 0 Å². The minimum atomic E-state index is -3.10. The topological polar surface area (TPSA) is 59.1 Å². The second kappa shape index (κ2) is 5.03. The number of hydrogen-bond acceptors (Lipinski definition) is 5. The fraction of sp³-hybridized carbons (Fsp3) is 0.417. The van der Waals surface area contributed by atoms with Crippen molar-refractivity contribution < 1.29 is 8.42 Å². The number of aromatic nitrogens is 1. The Morgan fingerprint density at radius 3 is 2.74 bits per heavy atom. The van der Waals surface area contributed by atoms with Gasteiger partial charge in [-0.3, -0.25) is 0 Å². The molecule has 7 heteroatoms. The highest BCUT2D eigenvalue weighted by Crippen LogP contribution is 2.29. The zero-order valence-electron chi connectivity index (χ0n) is 10.9. The lowest BCUT2D eigenvalue weighted by atomic mass is 10.2. The summed E-state index contributed by atoms with van der Waals surface area (Å²) < 4.78 is 24.5. The Labute approximate surface area is 125 Å². The van der Waals surface area contributed by atoms with Gasteiger partial charge in [-0.15, -0.1) is 0 Å². The van der Waals surface area contributed by atoms with Gasteiger partial charge in [-0.2, -0.15) is 0 Å². The fourth-order valence-corrected chi connectivity index (χ4v) is 3.14. The van der Waals surface area contributed by atoms with Crippen LogP contribution >= 0.6 is 27.3 Å². The molecule has 2 rings (SSSR count). The first-order valence-corrected chi connectivity index (χ1v) is 9.19. The summed E-state index contributed by atoms with van der Waals surface area (Å²) in [7, 11) is -3.10. The van der Waals surface area contributed by atoms with Gasteiger partial charge in [-0.25, -0.2) is 13.4 Å². The van der Waals surface area contributed by atoms with Crippen LogP contribution in [0.1, 0.15) is 13.8 Å². The molecule has 0 fully saturated rings. The van der Waals surface area contributed by atoms with Gasteiger partial charge >= 0.3 is 0 Å². The highest BCUT2D eigenvalue weighted by Gasteiger charge is 2.30. The first-order chi connectivity index (χ1) is 8.69. The molecule has 1 heterocycles. The lowest BCUT2D eigenvalue weighted by Crippen LogP contribution is -2.38. The van der Waals surface area contributed by atoms with Gasteiger partial charge in [-0.05, 0) is 32.0 Å². The molecule has 1 N–H and O–H groups in total. The summed E-state index contributed by atoms with van der Waals surface area (Å²) in [6.45, 7) is 3.76. The molecule has 0 radical (unpaired) electrons. The SMILES string of the molecule is CC(C)(CNc1nc2ccc(Br)cc2s1)S(C)(=O)=O. The summed E-state index contributed by atoms with van der Waals surface area (Å²) in [5, 5.41) is 3.85. The number of nitrogens with zero attached hydrogens (tertiary/aromatic N) is 1. The van der Waals surface area contributed by atoms with Crippen LogP contribution in [0.3, 0.4) is 0 Å². The number of hydrogen-bond donors (Lipinski definition) is 1. The average Bonchev–Trinajstić information content (AvgIpc) is 2.67. The van der Waals surface area contributed by atoms with E-state index >= 15 is 0 Å². The maximum Gasteiger partial charge on any atom is 0.183 e. The number of nitrogens with one attached hydrogen (secondary N) is 1. The van der Waals surface area contributed by atoms with Crippen LogP contribution in [0.5, 0.6) is 0 Å². The molecule has 0 spiro atoms. The highest BCUT2D eigenvalue weighted by molar-refractivity contribution is 9.10. The summed E-state index contributed by atoms with van der Waals surface area (Å²) in [4.78, 5) is 4.43. The number of anilines is 1. The molecule has 19 heavy (non-hydrogen) atoms. The number of halogens is 1. The van der Waals surface area contributed by atoms with Crippen molar-refractivity contribution in [3.05, 3.63) is 22.7 Å². The van der Waals surface area contributed by atoms with Gasteiger partial charge in [0.1, 0.15) is 0 Å². The van der Waals surface area contributed by atoms with Crippen molar-refractivity contribution in [2.45, 2.75) is 18.6 Å². The molecule has 0 aliphatic rings. The molecule has 2 aromatic rings. The molecule has 104 valence electrons. The molecule has 0 saturated heterocycles. The lowest BCUT2D eigenvalue weighted by Gasteiger charge is -2.22. The van der Waals surface area contributed by atoms with Crippen molar-refractivity contribution in [3.8, 4) is 0 Å². The predicted octanol–water partition coefficient (Wildman–Crippen LogP) is 3.29. The van der Waals surface area contributed by atoms with E-state index in [0.717, 1.165) is 19.8 Å². The van der Waals surface area contributed by atoms with Crippen molar-refractivity contribution >= 4 is 52.5 Å². The Morgan fingerprint density at radius 1 is 1.42 bits per heavy atom. The number of rotatable bonds is 4. The van der Waals surface area contributed by atoms with E-state index in [1.54, 1.807) is 13.8 Å². The molecule has 4 nitrogen and oxygen atoms in total. The van der Waals surface area contributed by atoms with Gasteiger partial charge in [0.05, 0.1) is 15.0 Å².